The zero-order chi connectivity index (χ0) is 40.9. The fourth-order valence-electron chi connectivity index (χ4n) is 9.88. The summed E-state index contributed by atoms with van der Waals surface area (Å²) in [6, 6.07) is 14.7. The summed E-state index contributed by atoms with van der Waals surface area (Å²) in [4.78, 5) is 66.2. The number of benzene rings is 2. The highest BCUT2D eigenvalue weighted by molar-refractivity contribution is 6.31. The van der Waals surface area contributed by atoms with Crippen LogP contribution in [0.2, 0.25) is 5.02 Å². The summed E-state index contributed by atoms with van der Waals surface area (Å²) in [6.07, 6.45) is 8.32. The topological polar surface area (TPSA) is 166 Å². The SMILES string of the molecule is CC1(C)C(NC(=O)c2cnc(N3CCC(C(=O)N4CCC(n5ccc6c(N7CCC(=O)NC7=O)cccc65)CC4)CC3)nc2)C(C)(C)C1Oc1ccc(C#N)c(Cl)c1. The molecule has 0 atom stereocenters. The standard InChI is InChI=1S/C43H48ClN9O5/c1-42(2)38(43(3,4)39(42)58-30-9-8-27(23-45)32(44)22-30)49-36(55)28-24-46-40(47-25-28)51-16-10-26(11-17-51)37(56)50-18-12-29(13-19-50)52-20-14-31-33(52)6-5-7-34(31)53-21-15-35(54)48-41(53)57/h5-9,14,20,22,24-26,29,38-39H,10-13,15-19,21H2,1-4H3,(H,49,55)(H,48,54,57). The van der Waals surface area contributed by atoms with E-state index in [1.807, 2.05) is 23.1 Å². The second-order valence-electron chi connectivity index (χ2n) is 17.1. The zero-order valence-corrected chi connectivity index (χ0v) is 34.0. The number of hydrogen-bond acceptors (Lipinski definition) is 9. The van der Waals surface area contributed by atoms with Crippen molar-refractivity contribution < 1.29 is 23.9 Å². The molecule has 5 heterocycles. The van der Waals surface area contributed by atoms with Crippen molar-refractivity contribution in [1.82, 2.24) is 30.1 Å². The van der Waals surface area contributed by atoms with Crippen molar-refractivity contribution in [2.75, 3.05) is 42.5 Å². The molecule has 58 heavy (non-hydrogen) atoms. The van der Waals surface area contributed by atoms with Crippen LogP contribution < -0.4 is 25.2 Å². The molecule has 1 saturated carbocycles. The Bertz CT molecular complexity index is 2290. The van der Waals surface area contributed by atoms with E-state index in [2.05, 4.69) is 76.1 Å². The Hall–Kier alpha value is -5.68. The summed E-state index contributed by atoms with van der Waals surface area (Å²) >= 11 is 6.24. The van der Waals surface area contributed by atoms with Gasteiger partial charge in [-0.3, -0.25) is 24.6 Å². The number of rotatable bonds is 8. The van der Waals surface area contributed by atoms with Crippen LogP contribution in [0, 0.1) is 28.1 Å². The monoisotopic (exact) mass is 805 g/mol. The predicted octanol–water partition coefficient (Wildman–Crippen LogP) is 6.09. The lowest BCUT2D eigenvalue weighted by atomic mass is 9.49. The first kappa shape index (κ1) is 39.2. The molecule has 302 valence electrons. The maximum atomic E-state index is 13.7. The average Bonchev–Trinajstić information content (AvgIpc) is 3.66. The third-order valence-corrected chi connectivity index (χ3v) is 13.0. The molecule has 3 aliphatic heterocycles. The van der Waals surface area contributed by atoms with E-state index in [1.165, 1.54) is 0 Å². The van der Waals surface area contributed by atoms with Crippen molar-refractivity contribution >= 4 is 57.9 Å². The third kappa shape index (κ3) is 7.10. The number of ether oxygens (including phenoxy) is 1. The van der Waals surface area contributed by atoms with Gasteiger partial charge in [0.1, 0.15) is 17.9 Å². The van der Waals surface area contributed by atoms with Gasteiger partial charge in [-0.1, -0.05) is 45.4 Å². The van der Waals surface area contributed by atoms with Crippen LogP contribution in [0.1, 0.15) is 81.8 Å². The Kier molecular flexibility index (Phi) is 10.3. The molecular weight excluding hydrogens is 758 g/mol. The summed E-state index contributed by atoms with van der Waals surface area (Å²) < 4.78 is 8.62. The normalized spacial score (nSPS) is 22.2. The molecule has 15 heteroatoms. The number of nitrogens with one attached hydrogen (secondary N) is 2. The van der Waals surface area contributed by atoms with Crippen molar-refractivity contribution in [3.8, 4) is 11.8 Å². The molecule has 0 unspecified atom stereocenters. The number of urea groups is 1. The van der Waals surface area contributed by atoms with Gasteiger partial charge in [0.2, 0.25) is 17.8 Å². The second kappa shape index (κ2) is 15.2. The number of halogens is 1. The number of carbonyl (C=O) groups is 4. The zero-order valence-electron chi connectivity index (χ0n) is 33.2. The van der Waals surface area contributed by atoms with Crippen LogP contribution >= 0.6 is 11.6 Å². The summed E-state index contributed by atoms with van der Waals surface area (Å²) in [6.45, 7) is 11.2. The van der Waals surface area contributed by atoms with Gasteiger partial charge < -0.3 is 24.4 Å². The van der Waals surface area contributed by atoms with E-state index in [4.69, 9.17) is 16.3 Å². The molecule has 14 nitrogen and oxygen atoms in total. The molecule has 5 amide bonds. The average molecular weight is 806 g/mol. The Balaban J connectivity index is 0.817. The molecule has 4 fully saturated rings. The van der Waals surface area contributed by atoms with Gasteiger partial charge in [0, 0.05) is 98.0 Å². The highest BCUT2D eigenvalue weighted by Gasteiger charge is 2.64. The highest BCUT2D eigenvalue weighted by Crippen LogP contribution is 2.55. The molecule has 4 aliphatic rings. The van der Waals surface area contributed by atoms with Crippen LogP contribution in [0.3, 0.4) is 0 Å². The Morgan fingerprint density at radius 1 is 0.948 bits per heavy atom. The van der Waals surface area contributed by atoms with Crippen LogP contribution in [0.25, 0.3) is 10.9 Å². The number of aromatic nitrogens is 3. The number of nitriles is 1. The van der Waals surface area contributed by atoms with Crippen LogP contribution in [0.5, 0.6) is 5.75 Å². The van der Waals surface area contributed by atoms with Crippen LogP contribution in [0.15, 0.2) is 61.1 Å². The number of carbonyl (C=O) groups excluding carboxylic acids is 4. The summed E-state index contributed by atoms with van der Waals surface area (Å²) in [5.74, 6) is 0.737. The maximum absolute atomic E-state index is 13.7. The van der Waals surface area contributed by atoms with Crippen molar-refractivity contribution in [2.24, 2.45) is 16.7 Å². The number of nitrogens with zero attached hydrogens (tertiary/aromatic N) is 7. The Labute approximate surface area is 342 Å². The van der Waals surface area contributed by atoms with E-state index in [0.29, 0.717) is 73.4 Å². The van der Waals surface area contributed by atoms with E-state index < -0.39 is 16.9 Å². The van der Waals surface area contributed by atoms with E-state index in [0.717, 1.165) is 29.4 Å². The fraction of sp³-hybridized carbons (Fsp3) is 0.465. The minimum Gasteiger partial charge on any atom is -0.489 e. The van der Waals surface area contributed by atoms with Crippen molar-refractivity contribution in [3.63, 3.8) is 0 Å². The van der Waals surface area contributed by atoms with Gasteiger partial charge in [-0.2, -0.15) is 5.26 Å². The first-order valence-corrected chi connectivity index (χ1v) is 20.4. The van der Waals surface area contributed by atoms with Gasteiger partial charge in [0.15, 0.2) is 0 Å². The van der Waals surface area contributed by atoms with Gasteiger partial charge in [-0.15, -0.1) is 0 Å². The molecule has 1 aliphatic carbocycles. The molecule has 0 spiro atoms. The molecule has 2 aromatic carbocycles. The van der Waals surface area contributed by atoms with Gasteiger partial charge in [0.05, 0.1) is 27.4 Å². The van der Waals surface area contributed by atoms with Crippen molar-refractivity contribution in [3.05, 3.63) is 77.2 Å². The van der Waals surface area contributed by atoms with Gasteiger partial charge in [-0.25, -0.2) is 14.8 Å². The van der Waals surface area contributed by atoms with Gasteiger partial charge in [0.25, 0.3) is 5.91 Å². The molecule has 0 radical (unpaired) electrons. The number of fused-ring (bicyclic) bond motifs is 1. The Morgan fingerprint density at radius 3 is 2.31 bits per heavy atom. The van der Waals surface area contributed by atoms with Crippen LogP contribution in [-0.4, -0.2) is 88.1 Å². The molecule has 8 rings (SSSR count). The fourth-order valence-corrected chi connectivity index (χ4v) is 10.1. The molecule has 2 aromatic heterocycles. The first-order chi connectivity index (χ1) is 27.8. The highest BCUT2D eigenvalue weighted by atomic mass is 35.5. The van der Waals surface area contributed by atoms with Crippen LogP contribution in [-0.2, 0) is 9.59 Å². The lowest BCUT2D eigenvalue weighted by Gasteiger charge is -2.63. The maximum Gasteiger partial charge on any atom is 0.328 e. The molecule has 3 saturated heterocycles. The predicted molar refractivity (Wildman–Crippen MR) is 219 cm³/mol. The van der Waals surface area contributed by atoms with Gasteiger partial charge >= 0.3 is 6.03 Å². The molecule has 2 N–H and O–H groups in total. The first-order valence-electron chi connectivity index (χ1n) is 20.0. The van der Waals surface area contributed by atoms with E-state index in [-0.39, 0.29) is 48.2 Å². The number of anilines is 2. The lowest BCUT2D eigenvalue weighted by molar-refractivity contribution is -0.164. The summed E-state index contributed by atoms with van der Waals surface area (Å²) in [5, 5.41) is 16.1. The van der Waals surface area contributed by atoms with Crippen molar-refractivity contribution in [1.29, 1.82) is 5.26 Å². The van der Waals surface area contributed by atoms with E-state index in [9.17, 15) is 24.4 Å². The van der Waals surface area contributed by atoms with Crippen molar-refractivity contribution in [2.45, 2.75) is 78.0 Å². The smallest absolute Gasteiger partial charge is 0.328 e. The third-order valence-electron chi connectivity index (χ3n) is 12.7. The number of likely N-dealkylation sites (tertiary alicyclic amines) is 1. The minimum absolute atomic E-state index is 0.0636. The van der Waals surface area contributed by atoms with Crippen LogP contribution in [0.4, 0.5) is 16.4 Å². The Morgan fingerprint density at radius 2 is 1.66 bits per heavy atom. The number of amides is 5. The van der Waals surface area contributed by atoms with Gasteiger partial charge in [-0.05, 0) is 56.0 Å². The second-order valence-corrected chi connectivity index (χ2v) is 17.5. The van der Waals surface area contributed by atoms with E-state index in [1.54, 1.807) is 35.5 Å². The lowest BCUT2D eigenvalue weighted by Crippen LogP contribution is -2.74. The van der Waals surface area contributed by atoms with E-state index >= 15 is 0 Å². The number of piperidine rings is 2. The quantitative estimate of drug-likeness (QED) is 0.214. The summed E-state index contributed by atoms with van der Waals surface area (Å²) in [7, 11) is 0. The minimum atomic E-state index is -0.403. The summed E-state index contributed by atoms with van der Waals surface area (Å²) in [5.41, 5.74) is 1.77. The molecular formula is C43H48ClN9O5. The molecule has 4 aromatic rings. The largest absolute Gasteiger partial charge is 0.489 e. The number of hydrogen-bond donors (Lipinski definition) is 2. The number of imide groups is 1. The molecule has 0 bridgehead atoms.